The summed E-state index contributed by atoms with van der Waals surface area (Å²) in [5, 5.41) is 8.14. The fraction of sp³-hybridized carbons (Fsp3) is 0.105. The molecule has 138 valence electrons. The van der Waals surface area contributed by atoms with Gasteiger partial charge < -0.3 is 4.74 Å². The molecule has 3 aromatic rings. The predicted molar refractivity (Wildman–Crippen MR) is 103 cm³/mol. The van der Waals surface area contributed by atoms with Crippen LogP contribution in [0.3, 0.4) is 0 Å². The Labute approximate surface area is 163 Å². The Hall–Kier alpha value is -3.00. The Morgan fingerprint density at radius 1 is 1.37 bits per heavy atom. The van der Waals surface area contributed by atoms with Gasteiger partial charge in [0.05, 0.1) is 36.1 Å². The lowest BCUT2D eigenvalue weighted by Gasteiger charge is -2.09. The molecule has 1 heterocycles. The lowest BCUT2D eigenvalue weighted by molar-refractivity contribution is 0.0951. The Bertz CT molecular complexity index is 987. The molecular weight excluding hydrogens is 415 g/mol. The third-order valence-corrected chi connectivity index (χ3v) is 4.15. The molecule has 1 N–H and O–H groups in total. The van der Waals surface area contributed by atoms with Gasteiger partial charge in [0.2, 0.25) is 0 Å². The number of nitrogens with one attached hydrogen (secondary N) is 1. The zero-order valence-corrected chi connectivity index (χ0v) is 16.0. The van der Waals surface area contributed by atoms with Crippen LogP contribution < -0.4 is 10.2 Å². The van der Waals surface area contributed by atoms with E-state index in [-0.39, 0.29) is 5.56 Å². The summed E-state index contributed by atoms with van der Waals surface area (Å²) in [7, 11) is 1.60. The van der Waals surface area contributed by atoms with Gasteiger partial charge in [-0.25, -0.2) is 9.82 Å². The summed E-state index contributed by atoms with van der Waals surface area (Å²) in [4.78, 5) is 12.0. The number of halogens is 2. The van der Waals surface area contributed by atoms with Gasteiger partial charge in [0.15, 0.2) is 0 Å². The van der Waals surface area contributed by atoms with Gasteiger partial charge in [-0.2, -0.15) is 10.2 Å². The van der Waals surface area contributed by atoms with Gasteiger partial charge in [0, 0.05) is 11.8 Å². The first-order chi connectivity index (χ1) is 13.1. The molecule has 0 saturated carbocycles. The molecule has 1 amide bonds. The van der Waals surface area contributed by atoms with Crippen LogP contribution in [0.5, 0.6) is 5.75 Å². The van der Waals surface area contributed by atoms with E-state index in [0.717, 1.165) is 15.6 Å². The minimum atomic E-state index is -0.612. The van der Waals surface area contributed by atoms with Crippen molar-refractivity contribution in [1.29, 1.82) is 0 Å². The Balaban J connectivity index is 1.73. The average molecular weight is 431 g/mol. The minimum absolute atomic E-state index is 0.0608. The van der Waals surface area contributed by atoms with Crippen LogP contribution in [0.25, 0.3) is 0 Å². The summed E-state index contributed by atoms with van der Waals surface area (Å²) in [5.41, 5.74) is 3.92. The second kappa shape index (κ2) is 8.59. The van der Waals surface area contributed by atoms with Gasteiger partial charge in [0.25, 0.3) is 5.91 Å². The Morgan fingerprint density at radius 2 is 2.19 bits per heavy atom. The fourth-order valence-corrected chi connectivity index (χ4v) is 2.80. The lowest BCUT2D eigenvalue weighted by Crippen LogP contribution is -2.18. The Morgan fingerprint density at radius 3 is 2.89 bits per heavy atom. The number of rotatable bonds is 6. The number of carbonyl (C=O) groups is 1. The fourth-order valence-electron chi connectivity index (χ4n) is 2.47. The summed E-state index contributed by atoms with van der Waals surface area (Å²) < 4.78 is 21.6. The van der Waals surface area contributed by atoms with Crippen molar-refractivity contribution in [2.75, 3.05) is 7.11 Å². The topological polar surface area (TPSA) is 68.5 Å². The molecule has 0 spiro atoms. The molecule has 1 aromatic heterocycles. The van der Waals surface area contributed by atoms with E-state index in [1.165, 1.54) is 24.4 Å². The number of benzene rings is 2. The normalized spacial score (nSPS) is 10.9. The first-order valence-electron chi connectivity index (χ1n) is 7.99. The highest BCUT2D eigenvalue weighted by atomic mass is 79.9. The van der Waals surface area contributed by atoms with Crippen LogP contribution in [-0.2, 0) is 6.54 Å². The molecule has 0 aliphatic rings. The van der Waals surface area contributed by atoms with Crippen LogP contribution >= 0.6 is 15.9 Å². The number of carbonyl (C=O) groups excluding carboxylic acids is 1. The summed E-state index contributed by atoms with van der Waals surface area (Å²) in [6.45, 7) is 0.512. The van der Waals surface area contributed by atoms with Crippen molar-refractivity contribution in [3.8, 4) is 5.75 Å². The third-order valence-electron chi connectivity index (χ3n) is 3.74. The van der Waals surface area contributed by atoms with Gasteiger partial charge in [-0.1, -0.05) is 12.1 Å². The predicted octanol–water partition coefficient (Wildman–Crippen LogP) is 3.61. The number of amides is 1. The highest BCUT2D eigenvalue weighted by Crippen LogP contribution is 2.21. The van der Waals surface area contributed by atoms with Crippen LogP contribution in [0.4, 0.5) is 4.39 Å². The van der Waals surface area contributed by atoms with Gasteiger partial charge in [-0.15, -0.1) is 0 Å². The molecule has 0 radical (unpaired) electrons. The largest absolute Gasteiger partial charge is 0.496 e. The van der Waals surface area contributed by atoms with Gasteiger partial charge >= 0.3 is 0 Å². The molecule has 0 atom stereocenters. The van der Waals surface area contributed by atoms with Gasteiger partial charge in [-0.05, 0) is 51.8 Å². The second-order valence-electron chi connectivity index (χ2n) is 5.61. The quantitative estimate of drug-likeness (QED) is 0.479. The molecule has 6 nitrogen and oxygen atoms in total. The molecule has 8 heteroatoms. The maximum atomic E-state index is 13.6. The van der Waals surface area contributed by atoms with Crippen molar-refractivity contribution in [2.45, 2.75) is 6.54 Å². The van der Waals surface area contributed by atoms with Crippen LogP contribution in [-0.4, -0.2) is 29.0 Å². The highest BCUT2D eigenvalue weighted by Gasteiger charge is 2.09. The van der Waals surface area contributed by atoms with E-state index in [1.54, 1.807) is 30.1 Å². The van der Waals surface area contributed by atoms with E-state index < -0.39 is 11.7 Å². The van der Waals surface area contributed by atoms with Crippen LogP contribution in [0.15, 0.2) is 64.4 Å². The van der Waals surface area contributed by atoms with Crippen LogP contribution in [0.2, 0.25) is 0 Å². The molecule has 0 unspecified atom stereocenters. The number of hydrogen-bond donors (Lipinski definition) is 1. The van der Waals surface area contributed by atoms with Crippen molar-refractivity contribution in [3.63, 3.8) is 0 Å². The molecule has 0 fully saturated rings. The molecule has 2 aromatic carbocycles. The zero-order chi connectivity index (χ0) is 19.2. The molecule has 0 aliphatic carbocycles. The summed E-state index contributed by atoms with van der Waals surface area (Å²) in [5.74, 6) is -0.490. The molecule has 3 rings (SSSR count). The number of ether oxygens (including phenoxy) is 1. The maximum Gasteiger partial charge on any atom is 0.274 e. The van der Waals surface area contributed by atoms with Crippen molar-refractivity contribution >= 4 is 28.1 Å². The lowest BCUT2D eigenvalue weighted by atomic mass is 10.1. The standard InChI is InChI=1S/C19H16BrFN4O2/c1-27-18-7-6-13(8-14(18)11-25-12-15(20)10-23-25)9-22-24-19(26)16-4-2-3-5-17(16)21/h2-10,12H,11H2,1H3,(H,24,26)/b22-9-. The first-order valence-corrected chi connectivity index (χ1v) is 8.79. The van der Waals surface area contributed by atoms with E-state index in [2.05, 4.69) is 31.6 Å². The Kier molecular flexibility index (Phi) is 5.97. The minimum Gasteiger partial charge on any atom is -0.496 e. The van der Waals surface area contributed by atoms with Crippen molar-refractivity contribution in [2.24, 2.45) is 5.10 Å². The number of hydrazone groups is 1. The SMILES string of the molecule is COc1ccc(/C=N\NC(=O)c2ccccc2F)cc1Cn1cc(Br)cn1. The van der Waals surface area contributed by atoms with Crippen LogP contribution in [0.1, 0.15) is 21.5 Å². The van der Waals surface area contributed by atoms with Crippen molar-refractivity contribution < 1.29 is 13.9 Å². The zero-order valence-electron chi connectivity index (χ0n) is 14.4. The first kappa shape index (κ1) is 18.8. The van der Waals surface area contributed by atoms with Crippen molar-refractivity contribution in [3.05, 3.63) is 81.8 Å². The maximum absolute atomic E-state index is 13.6. The molecule has 0 saturated heterocycles. The number of aromatic nitrogens is 2. The van der Waals surface area contributed by atoms with Gasteiger partial charge in [0.1, 0.15) is 11.6 Å². The third kappa shape index (κ3) is 4.79. The van der Waals surface area contributed by atoms with Crippen molar-refractivity contribution in [1.82, 2.24) is 15.2 Å². The summed E-state index contributed by atoms with van der Waals surface area (Å²) in [6, 6.07) is 11.2. The summed E-state index contributed by atoms with van der Waals surface area (Å²) >= 11 is 3.36. The number of nitrogens with zero attached hydrogens (tertiary/aromatic N) is 3. The average Bonchev–Trinajstić information content (AvgIpc) is 3.07. The van der Waals surface area contributed by atoms with E-state index in [4.69, 9.17) is 4.74 Å². The monoisotopic (exact) mass is 430 g/mol. The van der Waals surface area contributed by atoms with E-state index in [1.807, 2.05) is 18.3 Å². The molecule has 0 aliphatic heterocycles. The van der Waals surface area contributed by atoms with E-state index >= 15 is 0 Å². The number of hydrogen-bond acceptors (Lipinski definition) is 4. The van der Waals surface area contributed by atoms with Crippen LogP contribution in [0, 0.1) is 5.82 Å². The molecular formula is C19H16BrFN4O2. The molecule has 27 heavy (non-hydrogen) atoms. The number of methoxy groups -OCH3 is 1. The van der Waals surface area contributed by atoms with E-state index in [9.17, 15) is 9.18 Å². The smallest absolute Gasteiger partial charge is 0.274 e. The van der Waals surface area contributed by atoms with E-state index in [0.29, 0.717) is 12.3 Å². The summed E-state index contributed by atoms with van der Waals surface area (Å²) in [6.07, 6.45) is 5.05. The molecule has 0 bridgehead atoms. The highest BCUT2D eigenvalue weighted by molar-refractivity contribution is 9.10. The van der Waals surface area contributed by atoms with Gasteiger partial charge in [-0.3, -0.25) is 9.48 Å². The second-order valence-corrected chi connectivity index (χ2v) is 6.52.